The Bertz CT molecular complexity index is 696. The number of rotatable bonds is 8. The molecule has 1 aromatic carbocycles. The smallest absolute Gasteiger partial charge is 0.231 e. The maximum Gasteiger partial charge on any atom is 0.231 e. The molecule has 0 unspecified atom stereocenters. The van der Waals surface area contributed by atoms with E-state index in [1.54, 1.807) is 0 Å². The molecule has 0 radical (unpaired) electrons. The molecule has 1 aromatic heterocycles. The number of aryl methyl sites for hydroxylation is 2. The summed E-state index contributed by atoms with van der Waals surface area (Å²) in [6.45, 7) is 5.95. The van der Waals surface area contributed by atoms with E-state index in [9.17, 15) is 5.11 Å². The first kappa shape index (κ1) is 17.7. The maximum absolute atomic E-state index is 10.2. The molecule has 1 aliphatic rings. The van der Waals surface area contributed by atoms with Crippen molar-refractivity contribution in [2.45, 2.75) is 33.1 Å². The number of aromatic nitrogens is 1. The third-order valence-electron chi connectivity index (χ3n) is 4.15. The van der Waals surface area contributed by atoms with Crippen molar-refractivity contribution in [3.05, 3.63) is 40.8 Å². The van der Waals surface area contributed by atoms with Crippen molar-refractivity contribution in [3.63, 3.8) is 0 Å². The van der Waals surface area contributed by atoms with Gasteiger partial charge in [0.2, 0.25) is 6.79 Å². The van der Waals surface area contributed by atoms with Gasteiger partial charge in [-0.05, 0) is 38.6 Å². The van der Waals surface area contributed by atoms with Gasteiger partial charge in [-0.2, -0.15) is 0 Å². The zero-order chi connectivity index (χ0) is 17.8. The number of likely N-dealkylation sites (N-methyl/N-ethyl adjacent to an activating group) is 1. The maximum atomic E-state index is 10.2. The van der Waals surface area contributed by atoms with Gasteiger partial charge in [0.1, 0.15) is 5.76 Å². The Kier molecular flexibility index (Phi) is 5.57. The molecule has 0 spiro atoms. The molecule has 0 saturated heterocycles. The number of aliphatic hydroxyl groups is 1. The highest BCUT2D eigenvalue weighted by atomic mass is 16.7. The second kappa shape index (κ2) is 7.86. The fourth-order valence-corrected chi connectivity index (χ4v) is 2.82. The number of hydrogen-bond donors (Lipinski definition) is 1. The molecule has 1 N–H and O–H groups in total. The van der Waals surface area contributed by atoms with Gasteiger partial charge in [0, 0.05) is 18.7 Å². The fraction of sp³-hybridized carbons (Fsp3) is 0.500. The molecule has 136 valence electrons. The quantitative estimate of drug-likeness (QED) is 0.782. The monoisotopic (exact) mass is 348 g/mol. The van der Waals surface area contributed by atoms with Crippen molar-refractivity contribution in [1.82, 2.24) is 10.1 Å². The fourth-order valence-electron chi connectivity index (χ4n) is 2.82. The Balaban J connectivity index is 1.41. The predicted molar refractivity (Wildman–Crippen MR) is 90.5 cm³/mol. The summed E-state index contributed by atoms with van der Waals surface area (Å²) in [5.74, 6) is 2.31. The minimum atomic E-state index is -0.570. The van der Waals surface area contributed by atoms with Crippen molar-refractivity contribution in [1.29, 1.82) is 0 Å². The molecule has 1 aliphatic heterocycles. The molecule has 7 nitrogen and oxygen atoms in total. The van der Waals surface area contributed by atoms with Crippen molar-refractivity contribution < 1.29 is 23.8 Å². The molecule has 2 aromatic rings. The molecule has 0 fully saturated rings. The largest absolute Gasteiger partial charge is 0.454 e. The molecule has 0 aliphatic carbocycles. The van der Waals surface area contributed by atoms with E-state index in [4.69, 9.17) is 18.7 Å². The lowest BCUT2D eigenvalue weighted by atomic mass is 10.2. The zero-order valence-corrected chi connectivity index (χ0v) is 14.8. The lowest BCUT2D eigenvalue weighted by Gasteiger charge is -2.20. The molecule has 25 heavy (non-hydrogen) atoms. The molecule has 7 heteroatoms. The van der Waals surface area contributed by atoms with E-state index in [0.717, 1.165) is 34.1 Å². The molecule has 0 saturated carbocycles. The molecular weight excluding hydrogens is 324 g/mol. The van der Waals surface area contributed by atoms with Crippen LogP contribution in [0.15, 0.2) is 22.7 Å². The third-order valence-corrected chi connectivity index (χ3v) is 4.15. The first-order valence-corrected chi connectivity index (χ1v) is 8.27. The van der Waals surface area contributed by atoms with Crippen LogP contribution in [0.25, 0.3) is 0 Å². The van der Waals surface area contributed by atoms with Crippen molar-refractivity contribution in [3.8, 4) is 11.5 Å². The standard InChI is InChI=1S/C18H24N2O5/c1-12-16(13(2)25-19-12)8-20(3)7-15(21)10-22-9-14-4-5-17-18(6-14)24-11-23-17/h4-6,15,21H,7-11H2,1-3H3/t15-/m0/s1. The van der Waals surface area contributed by atoms with Gasteiger partial charge in [-0.3, -0.25) is 4.90 Å². The molecule has 2 heterocycles. The van der Waals surface area contributed by atoms with Crippen LogP contribution in [0.1, 0.15) is 22.6 Å². The third kappa shape index (κ3) is 4.50. The number of benzene rings is 1. The minimum Gasteiger partial charge on any atom is -0.454 e. The van der Waals surface area contributed by atoms with E-state index in [2.05, 4.69) is 5.16 Å². The van der Waals surface area contributed by atoms with Crippen LogP contribution in [-0.2, 0) is 17.9 Å². The first-order chi connectivity index (χ1) is 12.0. The van der Waals surface area contributed by atoms with Gasteiger partial charge >= 0.3 is 0 Å². The first-order valence-electron chi connectivity index (χ1n) is 8.27. The van der Waals surface area contributed by atoms with Crippen LogP contribution in [0.2, 0.25) is 0 Å². The van der Waals surface area contributed by atoms with Crippen LogP contribution >= 0.6 is 0 Å². The molecule has 0 amide bonds. The summed E-state index contributed by atoms with van der Waals surface area (Å²) in [5.41, 5.74) is 2.94. The van der Waals surface area contributed by atoms with Crippen molar-refractivity contribution in [2.24, 2.45) is 0 Å². The molecule has 1 atom stereocenters. The van der Waals surface area contributed by atoms with Gasteiger partial charge in [-0.1, -0.05) is 11.2 Å². The Hall–Kier alpha value is -2.09. The zero-order valence-electron chi connectivity index (χ0n) is 14.8. The molecule has 3 rings (SSSR count). The summed E-state index contributed by atoms with van der Waals surface area (Å²) < 4.78 is 21.4. The Morgan fingerprint density at radius 1 is 1.28 bits per heavy atom. The van der Waals surface area contributed by atoms with Crippen LogP contribution in [0.4, 0.5) is 0 Å². The Labute approximate surface area is 147 Å². The summed E-state index contributed by atoms with van der Waals surface area (Å²) in [5, 5.41) is 14.1. The van der Waals surface area contributed by atoms with Crippen molar-refractivity contribution in [2.75, 3.05) is 27.0 Å². The average Bonchev–Trinajstić information content (AvgIpc) is 3.16. The second-order valence-corrected chi connectivity index (χ2v) is 6.36. The summed E-state index contributed by atoms with van der Waals surface area (Å²) in [6.07, 6.45) is -0.570. The average molecular weight is 348 g/mol. The summed E-state index contributed by atoms with van der Waals surface area (Å²) in [7, 11) is 1.95. The van der Waals surface area contributed by atoms with E-state index in [-0.39, 0.29) is 13.4 Å². The van der Waals surface area contributed by atoms with E-state index in [0.29, 0.717) is 19.7 Å². The van der Waals surface area contributed by atoms with Crippen LogP contribution in [0, 0.1) is 13.8 Å². The highest BCUT2D eigenvalue weighted by molar-refractivity contribution is 5.44. The van der Waals surface area contributed by atoms with Crippen LogP contribution in [0.5, 0.6) is 11.5 Å². The number of hydrogen-bond acceptors (Lipinski definition) is 7. The van der Waals surface area contributed by atoms with Gasteiger partial charge in [-0.25, -0.2) is 0 Å². The van der Waals surface area contributed by atoms with Gasteiger partial charge in [0.05, 0.1) is 25.0 Å². The topological polar surface area (TPSA) is 77.2 Å². The van der Waals surface area contributed by atoms with Crippen LogP contribution in [-0.4, -0.2) is 48.3 Å². The Morgan fingerprint density at radius 2 is 2.08 bits per heavy atom. The normalized spacial score (nSPS) is 14.3. The van der Waals surface area contributed by atoms with E-state index < -0.39 is 6.10 Å². The highest BCUT2D eigenvalue weighted by Crippen LogP contribution is 2.32. The second-order valence-electron chi connectivity index (χ2n) is 6.36. The van der Waals surface area contributed by atoms with E-state index in [1.807, 2.05) is 44.0 Å². The summed E-state index contributed by atoms with van der Waals surface area (Å²) in [6, 6.07) is 5.70. The lowest BCUT2D eigenvalue weighted by molar-refractivity contribution is 0.0126. The number of aliphatic hydroxyl groups excluding tert-OH is 1. The van der Waals surface area contributed by atoms with E-state index in [1.165, 1.54) is 0 Å². The Morgan fingerprint density at radius 3 is 2.84 bits per heavy atom. The number of fused-ring (bicyclic) bond motifs is 1. The molecular formula is C18H24N2O5. The number of ether oxygens (including phenoxy) is 3. The van der Waals surface area contributed by atoms with Gasteiger partial charge in [0.15, 0.2) is 11.5 Å². The highest BCUT2D eigenvalue weighted by Gasteiger charge is 2.15. The van der Waals surface area contributed by atoms with Gasteiger partial charge in [-0.15, -0.1) is 0 Å². The van der Waals surface area contributed by atoms with E-state index >= 15 is 0 Å². The summed E-state index contributed by atoms with van der Waals surface area (Å²) >= 11 is 0. The predicted octanol–water partition coefficient (Wildman–Crippen LogP) is 2.03. The van der Waals surface area contributed by atoms with Gasteiger partial charge in [0.25, 0.3) is 0 Å². The van der Waals surface area contributed by atoms with Crippen LogP contribution < -0.4 is 9.47 Å². The number of nitrogens with zero attached hydrogens (tertiary/aromatic N) is 2. The van der Waals surface area contributed by atoms with Crippen molar-refractivity contribution >= 4 is 0 Å². The summed E-state index contributed by atoms with van der Waals surface area (Å²) in [4.78, 5) is 2.03. The van der Waals surface area contributed by atoms with Crippen LogP contribution in [0.3, 0.4) is 0 Å². The van der Waals surface area contributed by atoms with Gasteiger partial charge < -0.3 is 23.8 Å². The molecule has 0 bridgehead atoms. The minimum absolute atomic E-state index is 0.260. The lowest BCUT2D eigenvalue weighted by Crippen LogP contribution is -2.32. The SMILES string of the molecule is Cc1noc(C)c1CN(C)C[C@H](O)COCc1ccc2c(c1)OCO2.